The predicted octanol–water partition coefficient (Wildman–Crippen LogP) is 3.71. The fourth-order valence-corrected chi connectivity index (χ4v) is 2.14. The van der Waals surface area contributed by atoms with E-state index in [1.54, 1.807) is 6.07 Å². The Balaban J connectivity index is 2.03. The van der Waals surface area contributed by atoms with Crippen LogP contribution in [0.2, 0.25) is 5.02 Å². The molecule has 1 heterocycles. The lowest BCUT2D eigenvalue weighted by Crippen LogP contribution is -2.08. The van der Waals surface area contributed by atoms with E-state index < -0.39 is 0 Å². The summed E-state index contributed by atoms with van der Waals surface area (Å²) in [7, 11) is 1.90. The highest BCUT2D eigenvalue weighted by molar-refractivity contribution is 6.31. The molecule has 5 heteroatoms. The maximum absolute atomic E-state index is 11.6. The monoisotopic (exact) mass is 294 g/mol. The molecule has 0 saturated carbocycles. The summed E-state index contributed by atoms with van der Waals surface area (Å²) in [6.45, 7) is 4.37. The number of aromatic nitrogens is 2. The zero-order chi connectivity index (χ0) is 14.7. The van der Waals surface area contributed by atoms with Crippen molar-refractivity contribution in [2.45, 2.75) is 33.3 Å². The maximum Gasteiger partial charge on any atom is 0.306 e. The largest absolute Gasteiger partial charge is 0.458 e. The number of carbonyl (C=O) groups excluding carboxylic acids is 1. The Morgan fingerprint density at radius 3 is 2.90 bits per heavy atom. The average molecular weight is 295 g/mol. The van der Waals surface area contributed by atoms with Crippen LogP contribution in [-0.4, -0.2) is 15.5 Å². The molecule has 2 rings (SSSR count). The lowest BCUT2D eigenvalue weighted by molar-refractivity contribution is -0.145. The van der Waals surface area contributed by atoms with E-state index in [9.17, 15) is 4.79 Å². The molecule has 108 valence electrons. The van der Waals surface area contributed by atoms with Gasteiger partial charge in [-0.05, 0) is 30.5 Å². The number of imidazole rings is 1. The van der Waals surface area contributed by atoms with Gasteiger partial charge in [-0.25, -0.2) is 4.98 Å². The number of halogens is 1. The summed E-state index contributed by atoms with van der Waals surface area (Å²) >= 11 is 5.94. The number of rotatable bonds is 5. The first-order valence-electron chi connectivity index (χ1n) is 6.74. The molecule has 0 amide bonds. The van der Waals surface area contributed by atoms with Gasteiger partial charge in [-0.1, -0.05) is 25.4 Å². The first-order valence-corrected chi connectivity index (χ1v) is 7.11. The van der Waals surface area contributed by atoms with Gasteiger partial charge >= 0.3 is 5.97 Å². The molecule has 1 aromatic heterocycles. The SMILES string of the molecule is CC(C)CCC(=O)OCc1nc2cc(Cl)ccc2n1C. The molecule has 1 aromatic carbocycles. The second-order valence-corrected chi connectivity index (χ2v) is 5.75. The summed E-state index contributed by atoms with van der Waals surface area (Å²) in [5.41, 5.74) is 1.79. The van der Waals surface area contributed by atoms with Crippen molar-refractivity contribution >= 4 is 28.6 Å². The molecule has 0 spiro atoms. The molecule has 0 aliphatic rings. The molecule has 4 nitrogen and oxygen atoms in total. The fourth-order valence-electron chi connectivity index (χ4n) is 1.98. The molecule has 0 N–H and O–H groups in total. The Labute approximate surface area is 123 Å². The van der Waals surface area contributed by atoms with Crippen LogP contribution in [0.4, 0.5) is 0 Å². The van der Waals surface area contributed by atoms with Crippen LogP contribution in [-0.2, 0) is 23.2 Å². The molecule has 0 atom stereocenters. The third-order valence-electron chi connectivity index (χ3n) is 3.22. The van der Waals surface area contributed by atoms with Crippen LogP contribution in [0.3, 0.4) is 0 Å². The van der Waals surface area contributed by atoms with Gasteiger partial charge in [0.1, 0.15) is 12.4 Å². The highest BCUT2D eigenvalue weighted by atomic mass is 35.5. The summed E-state index contributed by atoms with van der Waals surface area (Å²) in [6, 6.07) is 5.54. The molecule has 0 bridgehead atoms. The molecular weight excluding hydrogens is 276 g/mol. The Bertz CT molecular complexity index is 620. The zero-order valence-corrected chi connectivity index (χ0v) is 12.8. The number of esters is 1. The second-order valence-electron chi connectivity index (χ2n) is 5.31. The summed E-state index contributed by atoms with van der Waals surface area (Å²) < 4.78 is 7.18. The molecule has 0 aliphatic heterocycles. The van der Waals surface area contributed by atoms with Crippen molar-refractivity contribution in [2.24, 2.45) is 13.0 Å². The fraction of sp³-hybridized carbons (Fsp3) is 0.467. The van der Waals surface area contributed by atoms with Crippen molar-refractivity contribution < 1.29 is 9.53 Å². The minimum absolute atomic E-state index is 0.177. The van der Waals surface area contributed by atoms with Crippen molar-refractivity contribution in [3.05, 3.63) is 29.0 Å². The van der Waals surface area contributed by atoms with Gasteiger partial charge in [-0.15, -0.1) is 0 Å². The number of benzene rings is 1. The smallest absolute Gasteiger partial charge is 0.306 e. The van der Waals surface area contributed by atoms with E-state index in [0.29, 0.717) is 17.4 Å². The Morgan fingerprint density at radius 1 is 1.45 bits per heavy atom. The molecule has 0 radical (unpaired) electrons. The van der Waals surface area contributed by atoms with Crippen molar-refractivity contribution in [1.29, 1.82) is 0 Å². The van der Waals surface area contributed by atoms with E-state index in [-0.39, 0.29) is 12.6 Å². The van der Waals surface area contributed by atoms with Crippen molar-refractivity contribution in [3.63, 3.8) is 0 Å². The maximum atomic E-state index is 11.6. The highest BCUT2D eigenvalue weighted by Gasteiger charge is 2.11. The Morgan fingerprint density at radius 2 is 2.20 bits per heavy atom. The summed E-state index contributed by atoms with van der Waals surface area (Å²) in [4.78, 5) is 16.1. The average Bonchev–Trinajstić information content (AvgIpc) is 2.70. The number of carbonyl (C=O) groups is 1. The lowest BCUT2D eigenvalue weighted by atomic mass is 10.1. The zero-order valence-electron chi connectivity index (χ0n) is 12.0. The predicted molar refractivity (Wildman–Crippen MR) is 79.6 cm³/mol. The van der Waals surface area contributed by atoms with Crippen LogP contribution in [0, 0.1) is 5.92 Å². The minimum atomic E-state index is -0.177. The third-order valence-corrected chi connectivity index (χ3v) is 3.46. The van der Waals surface area contributed by atoms with E-state index in [4.69, 9.17) is 16.3 Å². The Hall–Kier alpha value is -1.55. The van der Waals surface area contributed by atoms with Gasteiger partial charge in [0.15, 0.2) is 0 Å². The first-order chi connectivity index (χ1) is 9.47. The molecule has 2 aromatic rings. The van der Waals surface area contributed by atoms with Crippen LogP contribution in [0.1, 0.15) is 32.5 Å². The number of aryl methyl sites for hydroxylation is 1. The van der Waals surface area contributed by atoms with Gasteiger partial charge in [-0.2, -0.15) is 0 Å². The van der Waals surface area contributed by atoms with Gasteiger partial charge in [-0.3, -0.25) is 4.79 Å². The normalized spacial score (nSPS) is 11.2. The van der Waals surface area contributed by atoms with Gasteiger partial charge < -0.3 is 9.30 Å². The van der Waals surface area contributed by atoms with Crippen LogP contribution in [0.25, 0.3) is 11.0 Å². The lowest BCUT2D eigenvalue weighted by Gasteiger charge is -2.06. The van der Waals surface area contributed by atoms with Gasteiger partial charge in [0, 0.05) is 18.5 Å². The summed E-state index contributed by atoms with van der Waals surface area (Å²) in [5.74, 6) is 1.05. The van der Waals surface area contributed by atoms with Crippen LogP contribution < -0.4 is 0 Å². The van der Waals surface area contributed by atoms with Crippen molar-refractivity contribution in [2.75, 3.05) is 0 Å². The highest BCUT2D eigenvalue weighted by Crippen LogP contribution is 2.20. The molecule has 0 aliphatic carbocycles. The number of ether oxygens (including phenoxy) is 1. The van der Waals surface area contributed by atoms with E-state index in [1.807, 2.05) is 23.7 Å². The van der Waals surface area contributed by atoms with Crippen molar-refractivity contribution in [3.8, 4) is 0 Å². The van der Waals surface area contributed by atoms with E-state index in [2.05, 4.69) is 18.8 Å². The second kappa shape index (κ2) is 6.27. The standard InChI is InChI=1S/C15H19ClN2O2/c1-10(2)4-7-15(19)20-9-14-17-12-8-11(16)5-6-13(12)18(14)3/h5-6,8,10H,4,7,9H2,1-3H3. The number of hydrogen-bond donors (Lipinski definition) is 0. The van der Waals surface area contributed by atoms with Crippen LogP contribution >= 0.6 is 11.6 Å². The minimum Gasteiger partial charge on any atom is -0.458 e. The summed E-state index contributed by atoms with van der Waals surface area (Å²) in [6.07, 6.45) is 1.30. The van der Waals surface area contributed by atoms with E-state index in [1.165, 1.54) is 0 Å². The van der Waals surface area contributed by atoms with Gasteiger partial charge in [0.05, 0.1) is 11.0 Å². The van der Waals surface area contributed by atoms with E-state index in [0.717, 1.165) is 23.3 Å². The third kappa shape index (κ3) is 3.51. The molecule has 0 saturated heterocycles. The van der Waals surface area contributed by atoms with Gasteiger partial charge in [0.2, 0.25) is 0 Å². The van der Waals surface area contributed by atoms with Gasteiger partial charge in [0.25, 0.3) is 0 Å². The molecular formula is C15H19ClN2O2. The van der Waals surface area contributed by atoms with Crippen LogP contribution in [0.5, 0.6) is 0 Å². The number of hydrogen-bond acceptors (Lipinski definition) is 3. The summed E-state index contributed by atoms with van der Waals surface area (Å²) in [5, 5.41) is 0.649. The Kier molecular flexibility index (Phi) is 4.65. The number of fused-ring (bicyclic) bond motifs is 1. The molecule has 0 fully saturated rings. The quantitative estimate of drug-likeness (QED) is 0.790. The van der Waals surface area contributed by atoms with Crippen LogP contribution in [0.15, 0.2) is 18.2 Å². The number of nitrogens with zero attached hydrogens (tertiary/aromatic N) is 2. The van der Waals surface area contributed by atoms with Crippen molar-refractivity contribution in [1.82, 2.24) is 9.55 Å². The molecule has 0 unspecified atom stereocenters. The topological polar surface area (TPSA) is 44.1 Å². The first kappa shape index (κ1) is 14.9. The van der Waals surface area contributed by atoms with E-state index >= 15 is 0 Å². The molecule has 20 heavy (non-hydrogen) atoms.